The smallest absolute Gasteiger partial charge is 0.265 e. The first kappa shape index (κ1) is 19.7. The van der Waals surface area contributed by atoms with E-state index in [1.807, 2.05) is 6.07 Å². The molecule has 0 saturated carbocycles. The SMILES string of the molecule is CCCNCCNC(=O)CN1C(=O)COc2cc(Br)ccc21.Cl. The number of anilines is 1. The number of hydrogen-bond acceptors (Lipinski definition) is 4. The average Bonchev–Trinajstić information content (AvgIpc) is 2.50. The van der Waals surface area contributed by atoms with E-state index >= 15 is 0 Å². The van der Waals surface area contributed by atoms with Gasteiger partial charge in [-0.15, -0.1) is 12.4 Å². The van der Waals surface area contributed by atoms with Crippen molar-refractivity contribution in [2.45, 2.75) is 13.3 Å². The molecule has 8 heteroatoms. The Balaban J connectivity index is 0.00000264. The molecule has 128 valence electrons. The van der Waals surface area contributed by atoms with E-state index in [0.29, 0.717) is 18.0 Å². The Hall–Kier alpha value is -1.31. The molecule has 6 nitrogen and oxygen atoms in total. The number of benzene rings is 1. The summed E-state index contributed by atoms with van der Waals surface area (Å²) in [6.45, 7) is 4.25. The zero-order valence-electron chi connectivity index (χ0n) is 12.9. The van der Waals surface area contributed by atoms with Crippen molar-refractivity contribution in [2.24, 2.45) is 0 Å². The van der Waals surface area contributed by atoms with Gasteiger partial charge in [0.25, 0.3) is 5.91 Å². The minimum atomic E-state index is -0.214. The summed E-state index contributed by atoms with van der Waals surface area (Å²) < 4.78 is 6.26. The summed E-state index contributed by atoms with van der Waals surface area (Å²) in [5.74, 6) is 0.211. The quantitative estimate of drug-likeness (QED) is 0.676. The van der Waals surface area contributed by atoms with Gasteiger partial charge in [-0.05, 0) is 31.2 Å². The van der Waals surface area contributed by atoms with Crippen LogP contribution in [-0.2, 0) is 9.59 Å². The van der Waals surface area contributed by atoms with Crippen molar-refractivity contribution in [2.75, 3.05) is 37.7 Å². The largest absolute Gasteiger partial charge is 0.482 e. The molecule has 0 fully saturated rings. The van der Waals surface area contributed by atoms with Crippen molar-refractivity contribution in [1.29, 1.82) is 0 Å². The van der Waals surface area contributed by atoms with E-state index in [1.54, 1.807) is 12.1 Å². The Kier molecular flexibility index (Phi) is 8.36. The summed E-state index contributed by atoms with van der Waals surface area (Å²) >= 11 is 3.36. The Labute approximate surface area is 150 Å². The Morgan fingerprint density at radius 3 is 2.87 bits per heavy atom. The predicted molar refractivity (Wildman–Crippen MR) is 95.4 cm³/mol. The molecule has 0 unspecified atom stereocenters. The summed E-state index contributed by atoms with van der Waals surface area (Å²) in [5.41, 5.74) is 0.624. The molecule has 0 aromatic heterocycles. The molecular weight excluding hydrogens is 386 g/mol. The number of carbonyl (C=O) groups is 2. The normalized spacial score (nSPS) is 13.0. The second-order valence-electron chi connectivity index (χ2n) is 4.98. The molecular formula is C15H21BrClN3O3. The van der Waals surface area contributed by atoms with Crippen molar-refractivity contribution >= 4 is 45.8 Å². The van der Waals surface area contributed by atoms with E-state index in [2.05, 4.69) is 33.5 Å². The Bertz CT molecular complexity index is 557. The standard InChI is InChI=1S/C15H20BrN3O3.ClH/c1-2-5-17-6-7-18-14(20)9-19-12-4-3-11(16)8-13(12)22-10-15(19)21;/h3-4,8,17H,2,5-7,9-10H2,1H3,(H,18,20);1H. The van der Waals surface area contributed by atoms with Gasteiger partial charge >= 0.3 is 0 Å². The van der Waals surface area contributed by atoms with Crippen LogP contribution in [0.5, 0.6) is 5.75 Å². The average molecular weight is 407 g/mol. The highest BCUT2D eigenvalue weighted by molar-refractivity contribution is 9.10. The van der Waals surface area contributed by atoms with Crippen LogP contribution in [0.15, 0.2) is 22.7 Å². The molecule has 1 aromatic carbocycles. The van der Waals surface area contributed by atoms with Gasteiger partial charge in [0, 0.05) is 17.6 Å². The molecule has 0 aliphatic carbocycles. The highest BCUT2D eigenvalue weighted by atomic mass is 79.9. The topological polar surface area (TPSA) is 70.7 Å². The Morgan fingerprint density at radius 2 is 2.13 bits per heavy atom. The fourth-order valence-electron chi connectivity index (χ4n) is 2.14. The Morgan fingerprint density at radius 1 is 1.35 bits per heavy atom. The molecule has 0 bridgehead atoms. The van der Waals surface area contributed by atoms with E-state index in [1.165, 1.54) is 4.90 Å². The van der Waals surface area contributed by atoms with Crippen molar-refractivity contribution in [3.63, 3.8) is 0 Å². The lowest BCUT2D eigenvalue weighted by molar-refractivity contribution is -0.125. The van der Waals surface area contributed by atoms with Gasteiger partial charge in [0.15, 0.2) is 6.61 Å². The fraction of sp³-hybridized carbons (Fsp3) is 0.467. The van der Waals surface area contributed by atoms with Gasteiger partial charge in [-0.3, -0.25) is 14.5 Å². The van der Waals surface area contributed by atoms with Crippen LogP contribution in [0.25, 0.3) is 0 Å². The van der Waals surface area contributed by atoms with Gasteiger partial charge in [-0.2, -0.15) is 0 Å². The number of amides is 2. The lowest BCUT2D eigenvalue weighted by Crippen LogP contribution is -2.46. The van der Waals surface area contributed by atoms with Crippen LogP contribution in [0, 0.1) is 0 Å². The van der Waals surface area contributed by atoms with Gasteiger partial charge in [-0.25, -0.2) is 0 Å². The highest BCUT2D eigenvalue weighted by Crippen LogP contribution is 2.34. The minimum absolute atomic E-state index is 0. The third-order valence-electron chi connectivity index (χ3n) is 3.22. The molecule has 0 spiro atoms. The van der Waals surface area contributed by atoms with Crippen LogP contribution in [0.3, 0.4) is 0 Å². The fourth-order valence-corrected chi connectivity index (χ4v) is 2.48. The zero-order valence-corrected chi connectivity index (χ0v) is 15.3. The molecule has 2 amide bonds. The van der Waals surface area contributed by atoms with Gasteiger partial charge in [0.1, 0.15) is 12.3 Å². The van der Waals surface area contributed by atoms with Crippen LogP contribution >= 0.6 is 28.3 Å². The van der Waals surface area contributed by atoms with E-state index < -0.39 is 0 Å². The molecule has 0 radical (unpaired) electrons. The molecule has 1 aliphatic rings. The first-order valence-corrected chi connectivity index (χ1v) is 8.11. The summed E-state index contributed by atoms with van der Waals surface area (Å²) in [6.07, 6.45) is 1.06. The molecule has 0 atom stereocenters. The number of nitrogens with one attached hydrogen (secondary N) is 2. The summed E-state index contributed by atoms with van der Waals surface area (Å²) in [6, 6.07) is 5.38. The maximum absolute atomic E-state index is 12.0. The number of hydrogen-bond donors (Lipinski definition) is 2. The summed E-state index contributed by atoms with van der Waals surface area (Å²) in [7, 11) is 0. The van der Waals surface area contributed by atoms with Crippen LogP contribution in [0.4, 0.5) is 5.69 Å². The number of fused-ring (bicyclic) bond motifs is 1. The second kappa shape index (κ2) is 9.75. The summed E-state index contributed by atoms with van der Waals surface area (Å²) in [5, 5.41) is 6.01. The van der Waals surface area contributed by atoms with Gasteiger partial charge < -0.3 is 15.4 Å². The van der Waals surface area contributed by atoms with Crippen molar-refractivity contribution in [3.8, 4) is 5.75 Å². The van der Waals surface area contributed by atoms with Crippen molar-refractivity contribution < 1.29 is 14.3 Å². The molecule has 2 N–H and O–H groups in total. The van der Waals surface area contributed by atoms with Gasteiger partial charge in [0.2, 0.25) is 5.91 Å². The second-order valence-corrected chi connectivity index (χ2v) is 5.90. The lowest BCUT2D eigenvalue weighted by atomic mass is 10.2. The minimum Gasteiger partial charge on any atom is -0.482 e. The van der Waals surface area contributed by atoms with Crippen molar-refractivity contribution in [1.82, 2.24) is 10.6 Å². The number of nitrogens with zero attached hydrogens (tertiary/aromatic N) is 1. The van der Waals surface area contributed by atoms with E-state index in [4.69, 9.17) is 4.74 Å². The van der Waals surface area contributed by atoms with Gasteiger partial charge in [0.05, 0.1) is 5.69 Å². The molecule has 1 aliphatic heterocycles. The van der Waals surface area contributed by atoms with Crippen LogP contribution in [0.1, 0.15) is 13.3 Å². The van der Waals surface area contributed by atoms with Crippen molar-refractivity contribution in [3.05, 3.63) is 22.7 Å². The highest BCUT2D eigenvalue weighted by Gasteiger charge is 2.27. The van der Waals surface area contributed by atoms with Crippen LogP contribution < -0.4 is 20.3 Å². The maximum Gasteiger partial charge on any atom is 0.265 e. The maximum atomic E-state index is 12.0. The molecule has 23 heavy (non-hydrogen) atoms. The number of carbonyl (C=O) groups excluding carboxylic acids is 2. The van der Waals surface area contributed by atoms with Gasteiger partial charge in [-0.1, -0.05) is 22.9 Å². The first-order chi connectivity index (χ1) is 10.6. The van der Waals surface area contributed by atoms with Crippen LogP contribution in [0.2, 0.25) is 0 Å². The third kappa shape index (κ3) is 5.67. The molecule has 1 heterocycles. The van der Waals surface area contributed by atoms with Crippen LogP contribution in [-0.4, -0.2) is 44.6 Å². The first-order valence-electron chi connectivity index (χ1n) is 7.32. The molecule has 0 saturated heterocycles. The monoisotopic (exact) mass is 405 g/mol. The number of ether oxygens (including phenoxy) is 1. The molecule has 2 rings (SSSR count). The molecule has 1 aromatic rings. The van der Waals surface area contributed by atoms with E-state index in [9.17, 15) is 9.59 Å². The van der Waals surface area contributed by atoms with E-state index in [-0.39, 0.29) is 37.4 Å². The predicted octanol–water partition coefficient (Wildman–Crippen LogP) is 1.71. The number of halogens is 2. The summed E-state index contributed by atoms with van der Waals surface area (Å²) in [4.78, 5) is 25.4. The third-order valence-corrected chi connectivity index (χ3v) is 3.71. The zero-order chi connectivity index (χ0) is 15.9. The number of rotatable bonds is 7. The lowest BCUT2D eigenvalue weighted by Gasteiger charge is -2.29. The van der Waals surface area contributed by atoms with E-state index in [0.717, 1.165) is 24.0 Å².